The van der Waals surface area contributed by atoms with Crippen molar-refractivity contribution >= 4 is 27.3 Å². The van der Waals surface area contributed by atoms with E-state index in [1.165, 1.54) is 0 Å². The Kier molecular flexibility index (Phi) is 5.06. The van der Waals surface area contributed by atoms with Gasteiger partial charge in [0.1, 0.15) is 0 Å². The maximum absolute atomic E-state index is 12.4. The summed E-state index contributed by atoms with van der Waals surface area (Å²) in [6.45, 7) is 2.06. The summed E-state index contributed by atoms with van der Waals surface area (Å²) in [5, 5.41) is 4.02. The zero-order valence-electron chi connectivity index (χ0n) is 15.8. The van der Waals surface area contributed by atoms with Crippen molar-refractivity contribution in [2.24, 2.45) is 0 Å². The van der Waals surface area contributed by atoms with Crippen LogP contribution in [0.5, 0.6) is 0 Å². The molecule has 1 saturated heterocycles. The normalized spacial score (nSPS) is 16.9. The van der Waals surface area contributed by atoms with Gasteiger partial charge in [0, 0.05) is 29.9 Å². The number of carbonyl (C=O) groups is 1. The highest BCUT2D eigenvalue weighted by molar-refractivity contribution is 7.92. The maximum Gasteiger partial charge on any atom is 0.232 e. The van der Waals surface area contributed by atoms with E-state index in [0.717, 1.165) is 5.69 Å². The zero-order valence-corrected chi connectivity index (χ0v) is 16.6. The maximum atomic E-state index is 12.4. The summed E-state index contributed by atoms with van der Waals surface area (Å²) in [6.07, 6.45) is 0.314. The number of nitrogens with one attached hydrogen (secondary N) is 1. The van der Waals surface area contributed by atoms with Crippen molar-refractivity contribution in [1.82, 2.24) is 10.1 Å². The van der Waals surface area contributed by atoms with Crippen LogP contribution in [0.3, 0.4) is 0 Å². The van der Waals surface area contributed by atoms with Crippen molar-refractivity contribution < 1.29 is 17.7 Å². The third-order valence-corrected chi connectivity index (χ3v) is 6.09. The van der Waals surface area contributed by atoms with E-state index in [1.54, 1.807) is 36.1 Å². The van der Waals surface area contributed by atoms with Crippen LogP contribution < -0.4 is 9.62 Å². The minimum Gasteiger partial charge on any atom is -0.339 e. The summed E-state index contributed by atoms with van der Waals surface area (Å²) in [6, 6.07) is 16.2. The molecule has 1 amide bonds. The molecule has 9 heteroatoms. The second-order valence-electron chi connectivity index (χ2n) is 6.78. The summed E-state index contributed by atoms with van der Waals surface area (Å²) in [5.74, 6) is 0.675. The standard InChI is InChI=1S/C20H20N4O4S/c1-2-29(26,27)23-16-10-8-14(9-11-16)19-21-20(28-22-19)15-12-18(25)24(13-15)17-6-4-3-5-7-17/h3-11,15,23H,2,12-13H2,1H3. The number of hydrogen-bond acceptors (Lipinski definition) is 6. The first kappa shape index (κ1) is 19.1. The van der Waals surface area contributed by atoms with Crippen molar-refractivity contribution in [3.8, 4) is 11.4 Å². The summed E-state index contributed by atoms with van der Waals surface area (Å²) >= 11 is 0. The van der Waals surface area contributed by atoms with Gasteiger partial charge in [-0.05, 0) is 43.3 Å². The highest BCUT2D eigenvalue weighted by Crippen LogP contribution is 2.32. The molecule has 0 aliphatic carbocycles. The number of para-hydroxylation sites is 1. The molecule has 1 aliphatic heterocycles. The number of benzene rings is 2. The van der Waals surface area contributed by atoms with Crippen LogP contribution in [-0.4, -0.2) is 36.8 Å². The lowest BCUT2D eigenvalue weighted by molar-refractivity contribution is -0.117. The molecule has 1 fully saturated rings. The SMILES string of the molecule is CCS(=O)(=O)Nc1ccc(-c2noc(C3CC(=O)N(c4ccccc4)C3)n2)cc1. The van der Waals surface area contributed by atoms with E-state index in [2.05, 4.69) is 14.9 Å². The monoisotopic (exact) mass is 412 g/mol. The summed E-state index contributed by atoms with van der Waals surface area (Å²) in [5.41, 5.74) is 2.02. The fourth-order valence-electron chi connectivity index (χ4n) is 3.19. The van der Waals surface area contributed by atoms with E-state index in [-0.39, 0.29) is 17.6 Å². The van der Waals surface area contributed by atoms with Crippen LogP contribution in [0.2, 0.25) is 0 Å². The second kappa shape index (κ2) is 7.67. The number of nitrogens with zero attached hydrogens (tertiary/aromatic N) is 3. The molecule has 4 rings (SSSR count). The first-order chi connectivity index (χ1) is 13.9. The number of sulfonamides is 1. The molecule has 150 valence electrons. The fraction of sp³-hybridized carbons (Fsp3) is 0.250. The Labute approximate surface area is 168 Å². The van der Waals surface area contributed by atoms with E-state index in [9.17, 15) is 13.2 Å². The largest absolute Gasteiger partial charge is 0.339 e. The molecule has 0 bridgehead atoms. The molecule has 0 radical (unpaired) electrons. The molecule has 2 aromatic carbocycles. The Bertz CT molecular complexity index is 1110. The third kappa shape index (κ3) is 4.14. The number of carbonyl (C=O) groups excluding carboxylic acids is 1. The van der Waals surface area contributed by atoms with Crippen LogP contribution in [0.15, 0.2) is 59.1 Å². The quantitative estimate of drug-likeness (QED) is 0.667. The number of anilines is 2. The van der Waals surface area contributed by atoms with Crippen LogP contribution in [0, 0.1) is 0 Å². The number of hydrogen-bond donors (Lipinski definition) is 1. The van der Waals surface area contributed by atoms with Crippen molar-refractivity contribution in [1.29, 1.82) is 0 Å². The molecule has 29 heavy (non-hydrogen) atoms. The van der Waals surface area contributed by atoms with Gasteiger partial charge in [-0.2, -0.15) is 4.98 Å². The average Bonchev–Trinajstić information content (AvgIpc) is 3.36. The van der Waals surface area contributed by atoms with Crippen LogP contribution in [0.1, 0.15) is 25.2 Å². The molecule has 1 atom stereocenters. The predicted molar refractivity (Wildman–Crippen MR) is 109 cm³/mol. The smallest absolute Gasteiger partial charge is 0.232 e. The van der Waals surface area contributed by atoms with Gasteiger partial charge in [0.05, 0.1) is 11.7 Å². The molecule has 1 aliphatic rings. The van der Waals surface area contributed by atoms with E-state index in [1.807, 2.05) is 30.3 Å². The number of rotatable bonds is 6. The molecule has 0 spiro atoms. The van der Waals surface area contributed by atoms with E-state index >= 15 is 0 Å². The molecular weight excluding hydrogens is 392 g/mol. The average molecular weight is 412 g/mol. The lowest BCUT2D eigenvalue weighted by Gasteiger charge is -2.15. The Morgan fingerprint density at radius 1 is 1.14 bits per heavy atom. The van der Waals surface area contributed by atoms with E-state index < -0.39 is 10.0 Å². The fourth-order valence-corrected chi connectivity index (χ4v) is 3.83. The molecule has 8 nitrogen and oxygen atoms in total. The van der Waals surface area contributed by atoms with Crippen molar-refractivity contribution in [2.75, 3.05) is 21.9 Å². The first-order valence-corrected chi connectivity index (χ1v) is 10.9. The topological polar surface area (TPSA) is 105 Å². The predicted octanol–water partition coefficient (Wildman–Crippen LogP) is 3.02. The van der Waals surface area contributed by atoms with Gasteiger partial charge in [-0.15, -0.1) is 0 Å². The second-order valence-corrected chi connectivity index (χ2v) is 8.79. The number of aromatic nitrogens is 2. The Morgan fingerprint density at radius 2 is 1.86 bits per heavy atom. The van der Waals surface area contributed by atoms with Gasteiger partial charge in [-0.25, -0.2) is 8.42 Å². The zero-order chi connectivity index (χ0) is 20.4. The van der Waals surface area contributed by atoms with Gasteiger partial charge >= 0.3 is 0 Å². The Balaban J connectivity index is 1.48. The Hall–Kier alpha value is -3.20. The van der Waals surface area contributed by atoms with Crippen LogP contribution in [0.25, 0.3) is 11.4 Å². The molecule has 1 unspecified atom stereocenters. The molecule has 2 heterocycles. The van der Waals surface area contributed by atoms with Gasteiger partial charge in [0.15, 0.2) is 0 Å². The molecule has 1 N–H and O–H groups in total. The summed E-state index contributed by atoms with van der Waals surface area (Å²) in [4.78, 5) is 18.6. The van der Waals surface area contributed by atoms with Crippen LogP contribution >= 0.6 is 0 Å². The lowest BCUT2D eigenvalue weighted by atomic mass is 10.1. The summed E-state index contributed by atoms with van der Waals surface area (Å²) in [7, 11) is -3.33. The van der Waals surface area contributed by atoms with Gasteiger partial charge in [0.25, 0.3) is 0 Å². The van der Waals surface area contributed by atoms with Gasteiger partial charge in [0.2, 0.25) is 27.6 Å². The minimum absolute atomic E-state index is 0.00304. The van der Waals surface area contributed by atoms with Crippen molar-refractivity contribution in [2.45, 2.75) is 19.3 Å². The van der Waals surface area contributed by atoms with E-state index in [4.69, 9.17) is 4.52 Å². The van der Waals surface area contributed by atoms with Crippen molar-refractivity contribution in [3.05, 3.63) is 60.5 Å². The molecule has 0 saturated carbocycles. The van der Waals surface area contributed by atoms with Crippen molar-refractivity contribution in [3.63, 3.8) is 0 Å². The molecule has 3 aromatic rings. The minimum atomic E-state index is -3.33. The number of amides is 1. The third-order valence-electron chi connectivity index (χ3n) is 4.78. The lowest BCUT2D eigenvalue weighted by Crippen LogP contribution is -2.24. The summed E-state index contributed by atoms with van der Waals surface area (Å²) < 4.78 is 31.2. The van der Waals surface area contributed by atoms with Crippen LogP contribution in [0.4, 0.5) is 11.4 Å². The highest BCUT2D eigenvalue weighted by atomic mass is 32.2. The highest BCUT2D eigenvalue weighted by Gasteiger charge is 2.35. The first-order valence-electron chi connectivity index (χ1n) is 9.25. The molecular formula is C20H20N4O4S. The van der Waals surface area contributed by atoms with Gasteiger partial charge < -0.3 is 9.42 Å². The van der Waals surface area contributed by atoms with E-state index in [0.29, 0.717) is 35.9 Å². The van der Waals surface area contributed by atoms with Gasteiger partial charge in [-0.1, -0.05) is 23.4 Å². The molecule has 1 aromatic heterocycles. The van der Waals surface area contributed by atoms with Crippen LogP contribution in [-0.2, 0) is 14.8 Å². The Morgan fingerprint density at radius 3 is 2.55 bits per heavy atom. The van der Waals surface area contributed by atoms with Gasteiger partial charge in [-0.3, -0.25) is 9.52 Å².